The minimum absolute atomic E-state index is 0.338. The minimum atomic E-state index is 0.338. The van der Waals surface area contributed by atoms with Crippen LogP contribution in [0, 0.1) is 0 Å². The molecule has 2 aromatic carbocycles. The maximum Gasteiger partial charge on any atom is 0.241 e. The maximum atomic E-state index is 5.44. The zero-order valence-electron chi connectivity index (χ0n) is 20.0. The first-order chi connectivity index (χ1) is 17.7. The molecule has 11 heteroatoms. The predicted octanol–water partition coefficient (Wildman–Crippen LogP) is 3.99. The largest absolute Gasteiger partial charge is 0.493 e. The van der Waals surface area contributed by atoms with Crippen LogP contribution in [0.2, 0.25) is 0 Å². The van der Waals surface area contributed by atoms with E-state index in [-0.39, 0.29) is 0 Å². The van der Waals surface area contributed by atoms with E-state index in [1.54, 1.807) is 39.7 Å². The molecule has 5 aromatic rings. The first-order valence-corrected chi connectivity index (χ1v) is 11.1. The maximum absolute atomic E-state index is 5.44. The van der Waals surface area contributed by atoms with Gasteiger partial charge in [0.1, 0.15) is 6.33 Å². The third-order valence-electron chi connectivity index (χ3n) is 5.41. The molecular formula is C25H24N8O3. The van der Waals surface area contributed by atoms with Crippen LogP contribution in [0.1, 0.15) is 5.56 Å². The Morgan fingerprint density at radius 1 is 0.889 bits per heavy atom. The van der Waals surface area contributed by atoms with Crippen LogP contribution in [0.15, 0.2) is 67.3 Å². The molecule has 2 N–H and O–H groups in total. The van der Waals surface area contributed by atoms with Crippen LogP contribution in [0.3, 0.4) is 0 Å². The van der Waals surface area contributed by atoms with Crippen molar-refractivity contribution in [3.63, 3.8) is 0 Å². The van der Waals surface area contributed by atoms with Gasteiger partial charge in [-0.1, -0.05) is 18.2 Å². The van der Waals surface area contributed by atoms with Gasteiger partial charge < -0.3 is 24.8 Å². The van der Waals surface area contributed by atoms with Crippen LogP contribution in [0.5, 0.6) is 17.2 Å². The zero-order chi connectivity index (χ0) is 24.9. The van der Waals surface area contributed by atoms with Crippen LogP contribution in [0.25, 0.3) is 17.0 Å². The van der Waals surface area contributed by atoms with Crippen molar-refractivity contribution in [1.29, 1.82) is 0 Å². The number of fused-ring (bicyclic) bond motifs is 1. The Hall–Kier alpha value is -4.93. The summed E-state index contributed by atoms with van der Waals surface area (Å²) >= 11 is 0. The van der Waals surface area contributed by atoms with Gasteiger partial charge in [-0.25, -0.2) is 19.5 Å². The van der Waals surface area contributed by atoms with Gasteiger partial charge >= 0.3 is 0 Å². The molecule has 0 radical (unpaired) electrons. The molecule has 0 aliphatic heterocycles. The summed E-state index contributed by atoms with van der Waals surface area (Å²) in [7, 11) is 4.68. The molecule has 0 bridgehead atoms. The summed E-state index contributed by atoms with van der Waals surface area (Å²) < 4.78 is 18.1. The summed E-state index contributed by atoms with van der Waals surface area (Å²) in [6.45, 7) is 0.540. The molecule has 182 valence electrons. The van der Waals surface area contributed by atoms with Gasteiger partial charge in [0, 0.05) is 36.8 Å². The van der Waals surface area contributed by atoms with Gasteiger partial charge in [-0.15, -0.1) is 0 Å². The molecule has 3 aromatic heterocycles. The number of aromatic nitrogens is 6. The number of benzene rings is 2. The predicted molar refractivity (Wildman–Crippen MR) is 135 cm³/mol. The van der Waals surface area contributed by atoms with Crippen molar-refractivity contribution in [2.45, 2.75) is 6.54 Å². The van der Waals surface area contributed by atoms with Crippen molar-refractivity contribution in [3.05, 3.63) is 72.8 Å². The molecule has 11 nitrogen and oxygen atoms in total. The van der Waals surface area contributed by atoms with Gasteiger partial charge in [0.25, 0.3) is 0 Å². The van der Waals surface area contributed by atoms with E-state index < -0.39 is 0 Å². The molecule has 0 fully saturated rings. The van der Waals surface area contributed by atoms with Crippen LogP contribution < -0.4 is 24.8 Å². The molecule has 5 rings (SSSR count). The van der Waals surface area contributed by atoms with Crippen molar-refractivity contribution >= 4 is 28.6 Å². The Labute approximate surface area is 207 Å². The third kappa shape index (κ3) is 4.53. The van der Waals surface area contributed by atoms with Crippen LogP contribution in [-0.4, -0.2) is 50.8 Å². The van der Waals surface area contributed by atoms with Gasteiger partial charge in [-0.2, -0.15) is 4.98 Å². The molecule has 0 saturated heterocycles. The number of para-hydroxylation sites is 2. The molecule has 36 heavy (non-hydrogen) atoms. The minimum Gasteiger partial charge on any atom is -0.493 e. The van der Waals surface area contributed by atoms with Crippen LogP contribution >= 0.6 is 0 Å². The van der Waals surface area contributed by atoms with Gasteiger partial charge in [-0.05, 0) is 23.8 Å². The highest BCUT2D eigenvalue weighted by Crippen LogP contribution is 2.40. The lowest BCUT2D eigenvalue weighted by Gasteiger charge is -2.15. The molecule has 0 atom stereocenters. The average Bonchev–Trinajstić information content (AvgIpc) is 3.30. The highest BCUT2D eigenvalue weighted by molar-refractivity contribution is 5.80. The Morgan fingerprint density at radius 3 is 2.42 bits per heavy atom. The molecule has 0 spiro atoms. The van der Waals surface area contributed by atoms with Gasteiger partial charge in [0.15, 0.2) is 11.5 Å². The van der Waals surface area contributed by atoms with E-state index in [4.69, 9.17) is 19.2 Å². The Bertz CT molecular complexity index is 1460. The number of anilines is 3. The normalized spacial score (nSPS) is 10.8. The third-order valence-corrected chi connectivity index (χ3v) is 5.41. The zero-order valence-corrected chi connectivity index (χ0v) is 20.0. The van der Waals surface area contributed by atoms with Crippen molar-refractivity contribution < 1.29 is 14.2 Å². The standard InChI is InChI=1S/C25H24N8O3/c1-34-20-11-17(12-21(35-2)22(20)36-3)30-23-28-15-29-25(32-23)33-19-9-5-4-8-18(19)31-24(33)27-14-16-7-6-10-26-13-16/h4-13,15H,14H2,1-3H3,(H,27,31)(H,28,29,30,32). The molecular weight excluding hydrogens is 460 g/mol. The SMILES string of the molecule is COc1cc(Nc2ncnc(-n3c(NCc4cccnc4)nc4ccccc43)n2)cc(OC)c1OC. The van der Waals surface area contributed by atoms with Crippen LogP contribution in [0.4, 0.5) is 17.6 Å². The Morgan fingerprint density at radius 2 is 1.69 bits per heavy atom. The highest BCUT2D eigenvalue weighted by Gasteiger charge is 2.17. The van der Waals surface area contributed by atoms with E-state index in [0.717, 1.165) is 16.6 Å². The molecule has 0 aliphatic rings. The Kier molecular flexibility index (Phi) is 6.43. The van der Waals surface area contributed by atoms with Crippen molar-refractivity contribution in [2.24, 2.45) is 0 Å². The first-order valence-electron chi connectivity index (χ1n) is 11.1. The molecule has 0 amide bonds. The second-order valence-electron chi connectivity index (χ2n) is 7.62. The average molecular weight is 485 g/mol. The Balaban J connectivity index is 1.50. The van der Waals surface area contributed by atoms with E-state index in [9.17, 15) is 0 Å². The summed E-state index contributed by atoms with van der Waals surface area (Å²) in [5.74, 6) is 2.86. The summed E-state index contributed by atoms with van der Waals surface area (Å²) in [4.78, 5) is 22.3. The molecule has 3 heterocycles. The summed E-state index contributed by atoms with van der Waals surface area (Å²) in [5.41, 5.74) is 3.35. The second-order valence-corrected chi connectivity index (χ2v) is 7.62. The van der Waals surface area contributed by atoms with Crippen molar-refractivity contribution in [3.8, 4) is 23.2 Å². The number of hydrogen-bond acceptors (Lipinski definition) is 10. The molecule has 0 aliphatic carbocycles. The fourth-order valence-electron chi connectivity index (χ4n) is 3.77. The topological polar surface area (TPSA) is 121 Å². The quantitative estimate of drug-likeness (QED) is 0.318. The number of ether oxygens (including phenoxy) is 3. The number of imidazole rings is 1. The molecule has 0 saturated carbocycles. The lowest BCUT2D eigenvalue weighted by atomic mass is 10.2. The number of nitrogens with zero attached hydrogens (tertiary/aromatic N) is 6. The number of methoxy groups -OCH3 is 3. The lowest BCUT2D eigenvalue weighted by Crippen LogP contribution is -2.10. The van der Waals surface area contributed by atoms with E-state index in [1.165, 1.54) is 6.33 Å². The van der Waals surface area contributed by atoms with E-state index in [1.807, 2.05) is 47.2 Å². The first kappa shape index (κ1) is 22.8. The van der Waals surface area contributed by atoms with Crippen LogP contribution in [-0.2, 0) is 6.54 Å². The number of hydrogen-bond donors (Lipinski definition) is 2. The summed E-state index contributed by atoms with van der Waals surface area (Å²) in [6.07, 6.45) is 5.00. The van der Waals surface area contributed by atoms with Crippen molar-refractivity contribution in [1.82, 2.24) is 29.5 Å². The van der Waals surface area contributed by atoms with Crippen molar-refractivity contribution in [2.75, 3.05) is 32.0 Å². The summed E-state index contributed by atoms with van der Waals surface area (Å²) in [6, 6.07) is 15.2. The van der Waals surface area contributed by atoms with Gasteiger partial charge in [0.05, 0.1) is 32.4 Å². The fraction of sp³-hybridized carbons (Fsp3) is 0.160. The van der Waals surface area contributed by atoms with E-state index in [0.29, 0.717) is 47.3 Å². The number of rotatable bonds is 9. The van der Waals surface area contributed by atoms with Gasteiger partial charge in [0.2, 0.25) is 23.6 Å². The fourth-order valence-corrected chi connectivity index (χ4v) is 3.77. The molecule has 0 unspecified atom stereocenters. The smallest absolute Gasteiger partial charge is 0.241 e. The lowest BCUT2D eigenvalue weighted by molar-refractivity contribution is 0.324. The monoisotopic (exact) mass is 484 g/mol. The van der Waals surface area contributed by atoms with E-state index in [2.05, 4.69) is 30.6 Å². The van der Waals surface area contributed by atoms with Gasteiger partial charge in [-0.3, -0.25) is 4.98 Å². The second kappa shape index (κ2) is 10.1. The van der Waals surface area contributed by atoms with E-state index >= 15 is 0 Å². The highest BCUT2D eigenvalue weighted by atomic mass is 16.5. The number of nitrogens with one attached hydrogen (secondary N) is 2. The number of pyridine rings is 1. The summed E-state index contributed by atoms with van der Waals surface area (Å²) in [5, 5.41) is 6.57.